The lowest BCUT2D eigenvalue weighted by Gasteiger charge is -2.15. The van der Waals surface area contributed by atoms with Crippen LogP contribution in [0.4, 0.5) is 0 Å². The summed E-state index contributed by atoms with van der Waals surface area (Å²) in [4.78, 5) is 8.84. The first kappa shape index (κ1) is 27.5. The van der Waals surface area contributed by atoms with Crippen molar-refractivity contribution >= 4 is 54.3 Å². The Morgan fingerprint density at radius 2 is 0.939 bits per heavy atom. The fourth-order valence-electron chi connectivity index (χ4n) is 7.56. The summed E-state index contributed by atoms with van der Waals surface area (Å²) in [6.07, 6.45) is 7.48. The summed E-state index contributed by atoms with van der Waals surface area (Å²) in [5, 5.41) is 9.51. The van der Waals surface area contributed by atoms with Crippen molar-refractivity contribution < 1.29 is 4.42 Å². The number of hydrogen-bond acceptors (Lipinski definition) is 3. The smallest absolute Gasteiger partial charge is 0.143 e. The highest BCUT2D eigenvalue weighted by Gasteiger charge is 2.20. The lowest BCUT2D eigenvalue weighted by Crippen LogP contribution is -1.90. The van der Waals surface area contributed by atoms with E-state index in [9.17, 15) is 0 Å². The largest absolute Gasteiger partial charge is 0.455 e. The molecule has 3 nitrogen and oxygen atoms in total. The van der Waals surface area contributed by atoms with E-state index in [1.807, 2.05) is 36.9 Å². The van der Waals surface area contributed by atoms with E-state index in [2.05, 4.69) is 143 Å². The van der Waals surface area contributed by atoms with Crippen molar-refractivity contribution in [3.63, 3.8) is 0 Å². The van der Waals surface area contributed by atoms with E-state index in [0.29, 0.717) is 0 Å². The van der Waals surface area contributed by atoms with Crippen LogP contribution in [0.1, 0.15) is 0 Å². The van der Waals surface area contributed by atoms with Crippen molar-refractivity contribution in [1.82, 2.24) is 9.97 Å². The summed E-state index contributed by atoms with van der Waals surface area (Å²) >= 11 is 0. The number of pyridine rings is 2. The number of aromatic nitrogens is 2. The Hall–Kier alpha value is -6.58. The first-order valence-electron chi connectivity index (χ1n) is 16.5. The highest BCUT2D eigenvalue weighted by molar-refractivity contribution is 6.29. The van der Waals surface area contributed by atoms with Gasteiger partial charge in [-0.2, -0.15) is 0 Å². The molecule has 228 valence electrons. The number of furan rings is 1. The standard InChI is InChI=1S/C46H28N2O/c1-3-13-37-29(9-1)17-20-43-44(37)45-38-14-4-2-10-30(38)26-42(46(45)49-43)41-19-18-36(39-15-5-6-16-40(39)41)35-24-33(31-11-7-21-47-27-31)23-34(25-35)32-12-8-22-48-28-32/h1-28H. The van der Waals surface area contributed by atoms with Gasteiger partial charge in [-0.3, -0.25) is 9.97 Å². The van der Waals surface area contributed by atoms with Gasteiger partial charge in [0.1, 0.15) is 11.2 Å². The van der Waals surface area contributed by atoms with Crippen LogP contribution in [0.2, 0.25) is 0 Å². The van der Waals surface area contributed by atoms with E-state index >= 15 is 0 Å². The average Bonchev–Trinajstić information content (AvgIpc) is 3.59. The minimum atomic E-state index is 0.905. The molecule has 0 fully saturated rings. The summed E-state index contributed by atoms with van der Waals surface area (Å²) in [6.45, 7) is 0. The van der Waals surface area contributed by atoms with Crippen LogP contribution in [0.25, 0.3) is 98.8 Å². The Kier molecular flexibility index (Phi) is 6.18. The van der Waals surface area contributed by atoms with Crippen LogP contribution < -0.4 is 0 Å². The van der Waals surface area contributed by atoms with Crippen molar-refractivity contribution in [1.29, 1.82) is 0 Å². The maximum absolute atomic E-state index is 6.84. The third kappa shape index (κ3) is 4.44. The second kappa shape index (κ2) is 11.0. The molecule has 10 rings (SSSR count). The van der Waals surface area contributed by atoms with Crippen molar-refractivity contribution in [3.8, 4) is 44.5 Å². The normalized spacial score (nSPS) is 11.7. The molecular weight excluding hydrogens is 597 g/mol. The molecule has 0 saturated carbocycles. The molecule has 0 N–H and O–H groups in total. The number of rotatable bonds is 4. The molecule has 0 amide bonds. The van der Waals surface area contributed by atoms with E-state index in [0.717, 1.165) is 50.1 Å². The van der Waals surface area contributed by atoms with Gasteiger partial charge in [-0.25, -0.2) is 0 Å². The van der Waals surface area contributed by atoms with Crippen molar-refractivity contribution in [2.24, 2.45) is 0 Å². The Labute approximate surface area is 282 Å². The summed E-state index contributed by atoms with van der Waals surface area (Å²) < 4.78 is 6.84. The molecule has 0 atom stereocenters. The molecule has 0 aliphatic carbocycles. The van der Waals surface area contributed by atoms with Gasteiger partial charge in [0.05, 0.1) is 0 Å². The quantitative estimate of drug-likeness (QED) is 0.196. The molecule has 3 aromatic heterocycles. The van der Waals surface area contributed by atoms with Gasteiger partial charge < -0.3 is 4.42 Å². The van der Waals surface area contributed by atoms with Gasteiger partial charge in [0.25, 0.3) is 0 Å². The van der Waals surface area contributed by atoms with Crippen molar-refractivity contribution in [2.45, 2.75) is 0 Å². The summed E-state index contributed by atoms with van der Waals surface area (Å²) in [5.41, 5.74) is 10.8. The van der Waals surface area contributed by atoms with Gasteiger partial charge in [-0.05, 0) is 103 Å². The lowest BCUT2D eigenvalue weighted by atomic mass is 9.88. The molecule has 0 radical (unpaired) electrons. The Bertz CT molecular complexity index is 2810. The van der Waals surface area contributed by atoms with E-state index in [4.69, 9.17) is 4.42 Å². The zero-order chi connectivity index (χ0) is 32.3. The van der Waals surface area contributed by atoms with Gasteiger partial charge in [-0.15, -0.1) is 0 Å². The minimum Gasteiger partial charge on any atom is -0.455 e. The monoisotopic (exact) mass is 624 g/mol. The van der Waals surface area contributed by atoms with Gasteiger partial charge in [0, 0.05) is 52.3 Å². The molecule has 3 heterocycles. The SMILES string of the molecule is c1cncc(-c2cc(-c3cccnc3)cc(-c3ccc(-c4cc5ccccc5c5c4oc4ccc6ccccc6c45)c4ccccc34)c2)c1. The molecule has 0 saturated heterocycles. The van der Waals surface area contributed by atoms with Crippen LogP contribution in [0.3, 0.4) is 0 Å². The molecule has 7 aromatic carbocycles. The minimum absolute atomic E-state index is 0.905. The molecule has 49 heavy (non-hydrogen) atoms. The van der Waals surface area contributed by atoms with E-state index in [1.54, 1.807) is 0 Å². The van der Waals surface area contributed by atoms with Crippen LogP contribution in [0.15, 0.2) is 175 Å². The molecule has 0 bridgehead atoms. The highest BCUT2D eigenvalue weighted by atomic mass is 16.3. The molecular formula is C46H28N2O. The van der Waals surface area contributed by atoms with Crippen LogP contribution >= 0.6 is 0 Å². The predicted octanol–water partition coefficient (Wildman–Crippen LogP) is 12.5. The summed E-state index contributed by atoms with van der Waals surface area (Å²) in [6, 6.07) is 52.1. The molecule has 3 heteroatoms. The maximum atomic E-state index is 6.84. The Morgan fingerprint density at radius 3 is 1.61 bits per heavy atom. The van der Waals surface area contributed by atoms with Crippen LogP contribution in [-0.2, 0) is 0 Å². The highest BCUT2D eigenvalue weighted by Crippen LogP contribution is 2.46. The third-order valence-corrected chi connectivity index (χ3v) is 9.80. The number of benzene rings is 7. The molecule has 0 unspecified atom stereocenters. The fourth-order valence-corrected chi connectivity index (χ4v) is 7.56. The summed E-state index contributed by atoms with van der Waals surface area (Å²) in [7, 11) is 0. The van der Waals surface area contributed by atoms with Crippen LogP contribution in [-0.4, -0.2) is 9.97 Å². The van der Waals surface area contributed by atoms with Crippen molar-refractivity contribution in [2.75, 3.05) is 0 Å². The van der Waals surface area contributed by atoms with Crippen molar-refractivity contribution in [3.05, 3.63) is 170 Å². The van der Waals surface area contributed by atoms with E-state index in [1.165, 1.54) is 48.7 Å². The topological polar surface area (TPSA) is 38.9 Å². The van der Waals surface area contributed by atoms with Gasteiger partial charge in [-0.1, -0.05) is 103 Å². The third-order valence-electron chi connectivity index (χ3n) is 9.80. The van der Waals surface area contributed by atoms with E-state index < -0.39 is 0 Å². The van der Waals surface area contributed by atoms with Gasteiger partial charge in [0.15, 0.2) is 0 Å². The van der Waals surface area contributed by atoms with Gasteiger partial charge >= 0.3 is 0 Å². The maximum Gasteiger partial charge on any atom is 0.143 e. The zero-order valence-electron chi connectivity index (χ0n) is 26.5. The first-order valence-corrected chi connectivity index (χ1v) is 16.5. The van der Waals surface area contributed by atoms with Crippen LogP contribution in [0.5, 0.6) is 0 Å². The summed E-state index contributed by atoms with van der Waals surface area (Å²) in [5.74, 6) is 0. The van der Waals surface area contributed by atoms with Gasteiger partial charge in [0.2, 0.25) is 0 Å². The second-order valence-corrected chi connectivity index (χ2v) is 12.6. The molecule has 0 aliphatic heterocycles. The zero-order valence-corrected chi connectivity index (χ0v) is 26.5. The first-order chi connectivity index (χ1) is 24.3. The second-order valence-electron chi connectivity index (χ2n) is 12.6. The lowest BCUT2D eigenvalue weighted by molar-refractivity contribution is 0.670. The van der Waals surface area contributed by atoms with E-state index in [-0.39, 0.29) is 0 Å². The molecule has 10 aromatic rings. The predicted molar refractivity (Wildman–Crippen MR) is 204 cm³/mol. The molecule has 0 spiro atoms. The number of fused-ring (bicyclic) bond motifs is 8. The van der Waals surface area contributed by atoms with Crippen LogP contribution in [0, 0.1) is 0 Å². The number of nitrogens with zero attached hydrogens (tertiary/aromatic N) is 2. The molecule has 0 aliphatic rings. The average molecular weight is 625 g/mol. The fraction of sp³-hybridized carbons (Fsp3) is 0. The number of hydrogen-bond donors (Lipinski definition) is 0. The Balaban J connectivity index is 1.25. The Morgan fingerprint density at radius 1 is 0.367 bits per heavy atom.